The molecular weight excluding hydrogens is 597 g/mol. The molecule has 0 amide bonds. The van der Waals surface area contributed by atoms with Crippen LogP contribution in [0, 0.1) is 0 Å². The van der Waals surface area contributed by atoms with Gasteiger partial charge < -0.3 is 14.7 Å². The standard InChI is InChI=1S/Bi.H3O4P.Pb.Rb.6H/c;1-5(2,3)4;;;;;;;;/h;(H3,1,2,3,4);;;;;;;;. The van der Waals surface area contributed by atoms with E-state index in [-0.39, 0.29) is 112 Å². The molecule has 4 nitrogen and oxygen atoms in total. The predicted octanol–water partition coefficient (Wildman–Crippen LogP) is -3.68. The van der Waals surface area contributed by atoms with E-state index in [0.717, 1.165) is 0 Å². The van der Waals surface area contributed by atoms with Crippen molar-refractivity contribution in [3.05, 3.63) is 0 Å². The zero-order valence-electron chi connectivity index (χ0n) is 3.61. The van der Waals surface area contributed by atoms with E-state index in [1.165, 1.54) is 0 Å². The fraction of sp³-hybridized carbons (Fsp3) is 0. The van der Waals surface area contributed by atoms with Gasteiger partial charge in [-0.2, -0.15) is 0 Å². The minimum absolute atomic E-state index is 0. The molecular formula is H9BiO4PPbRb. The van der Waals surface area contributed by atoms with Crippen molar-refractivity contribution in [2.24, 2.45) is 0 Å². The van der Waals surface area contributed by atoms with Gasteiger partial charge in [-0.1, -0.05) is 0 Å². The number of hydrogen-bond donors (Lipinski definition) is 3. The van der Waals surface area contributed by atoms with Gasteiger partial charge >= 0.3 is 120 Å². The van der Waals surface area contributed by atoms with Gasteiger partial charge in [-0.25, -0.2) is 4.57 Å². The van der Waals surface area contributed by atoms with Crippen molar-refractivity contribution in [2.45, 2.75) is 0 Å². The Bertz CT molecular complexity index is 62.2. The topological polar surface area (TPSA) is 77.8 Å². The second kappa shape index (κ2) is 10.7. The van der Waals surface area contributed by atoms with E-state index < -0.39 is 7.82 Å². The van der Waals surface area contributed by atoms with E-state index >= 15 is 0 Å². The third-order valence-corrected chi connectivity index (χ3v) is 0. The van der Waals surface area contributed by atoms with Gasteiger partial charge in [0.1, 0.15) is 0 Å². The Hall–Kier alpha value is 3.72. The van der Waals surface area contributed by atoms with Crippen molar-refractivity contribution in [1.29, 1.82) is 0 Å². The number of hydrogen-bond acceptors (Lipinski definition) is 1. The van der Waals surface area contributed by atoms with Crippen LogP contribution in [0.15, 0.2) is 0 Å². The van der Waals surface area contributed by atoms with Crippen molar-refractivity contribution >= 4 is 120 Å². The first kappa shape index (κ1) is 22.6. The molecule has 0 atom stereocenters. The maximum absolute atomic E-state index is 8.88. The first-order valence-electron chi connectivity index (χ1n) is 0.783. The molecule has 0 aromatic carbocycles. The molecule has 0 spiro atoms. The maximum atomic E-state index is 8.88. The van der Waals surface area contributed by atoms with Gasteiger partial charge in [0.25, 0.3) is 0 Å². The van der Waals surface area contributed by atoms with Crippen LogP contribution in [-0.4, -0.2) is 126 Å². The molecule has 48 valence electrons. The van der Waals surface area contributed by atoms with Crippen molar-refractivity contribution < 1.29 is 19.2 Å². The third-order valence-electron chi connectivity index (χ3n) is 0. The normalized spacial score (nSPS) is 7.38. The van der Waals surface area contributed by atoms with Crippen molar-refractivity contribution in [3.63, 3.8) is 0 Å². The van der Waals surface area contributed by atoms with Crippen LogP contribution in [0.3, 0.4) is 0 Å². The predicted molar refractivity (Wildman–Crippen MR) is 39.9 cm³/mol. The van der Waals surface area contributed by atoms with Crippen molar-refractivity contribution in [1.82, 2.24) is 0 Å². The van der Waals surface area contributed by atoms with Gasteiger partial charge in [0.2, 0.25) is 0 Å². The fourth-order valence-electron chi connectivity index (χ4n) is 0. The van der Waals surface area contributed by atoms with Gasteiger partial charge in [-0.15, -0.1) is 0 Å². The summed E-state index contributed by atoms with van der Waals surface area (Å²) in [4.78, 5) is 21.6. The van der Waals surface area contributed by atoms with E-state index in [9.17, 15) is 0 Å². The summed E-state index contributed by atoms with van der Waals surface area (Å²) in [6, 6.07) is 0. The van der Waals surface area contributed by atoms with Crippen LogP contribution in [0.4, 0.5) is 0 Å². The van der Waals surface area contributed by atoms with Crippen LogP contribution in [0.2, 0.25) is 0 Å². The molecule has 0 rings (SSSR count). The molecule has 0 aliphatic carbocycles. The Morgan fingerprint density at radius 1 is 1.12 bits per heavy atom. The van der Waals surface area contributed by atoms with Crippen LogP contribution >= 0.6 is 7.82 Å². The van der Waals surface area contributed by atoms with E-state index in [4.69, 9.17) is 19.2 Å². The summed E-state index contributed by atoms with van der Waals surface area (Å²) in [6.07, 6.45) is 0. The van der Waals surface area contributed by atoms with Gasteiger partial charge in [-0.05, 0) is 0 Å². The summed E-state index contributed by atoms with van der Waals surface area (Å²) in [6.45, 7) is 0. The van der Waals surface area contributed by atoms with Crippen LogP contribution < -0.4 is 0 Å². The number of phosphoric acid groups is 1. The van der Waals surface area contributed by atoms with E-state index in [1.54, 1.807) is 0 Å². The Morgan fingerprint density at radius 2 is 1.12 bits per heavy atom. The number of rotatable bonds is 0. The average molecular weight is 606 g/mol. The molecule has 0 unspecified atom stereocenters. The van der Waals surface area contributed by atoms with Gasteiger partial charge in [-0.3, -0.25) is 0 Å². The summed E-state index contributed by atoms with van der Waals surface area (Å²) < 4.78 is 8.88. The molecule has 0 aliphatic heterocycles. The van der Waals surface area contributed by atoms with Crippen molar-refractivity contribution in [3.8, 4) is 0 Å². The Kier molecular flexibility index (Phi) is 30.3. The molecule has 0 saturated carbocycles. The molecule has 8 heavy (non-hydrogen) atoms. The molecule has 3 N–H and O–H groups in total. The van der Waals surface area contributed by atoms with Crippen molar-refractivity contribution in [2.75, 3.05) is 0 Å². The minimum atomic E-state index is -4.64. The second-order valence-corrected chi connectivity index (χ2v) is 1.54. The summed E-state index contributed by atoms with van der Waals surface area (Å²) in [5.74, 6) is 0. The van der Waals surface area contributed by atoms with Crippen LogP contribution in [0.1, 0.15) is 0 Å². The summed E-state index contributed by atoms with van der Waals surface area (Å²) >= 11 is 0. The Labute approximate surface area is 135 Å². The summed E-state index contributed by atoms with van der Waals surface area (Å²) in [7, 11) is -4.64. The van der Waals surface area contributed by atoms with E-state index in [2.05, 4.69) is 0 Å². The van der Waals surface area contributed by atoms with E-state index in [1.807, 2.05) is 0 Å². The molecule has 0 saturated heterocycles. The average Bonchev–Trinajstić information content (AvgIpc) is 0.722. The first-order chi connectivity index (χ1) is 2.00. The molecule has 0 heterocycles. The third kappa shape index (κ3) is 53.4. The zero-order valence-corrected chi connectivity index (χ0v) is 15.5. The monoisotopic (exact) mass is 606 g/mol. The molecule has 2 radical (unpaired) electrons. The quantitative estimate of drug-likeness (QED) is 0.197. The summed E-state index contributed by atoms with van der Waals surface area (Å²) in [5, 5.41) is 0. The van der Waals surface area contributed by atoms with Gasteiger partial charge in [0, 0.05) is 0 Å². The molecule has 0 fully saturated rings. The molecule has 0 bridgehead atoms. The summed E-state index contributed by atoms with van der Waals surface area (Å²) in [5.41, 5.74) is 0. The molecule has 0 aromatic heterocycles. The second-order valence-electron chi connectivity index (χ2n) is 0.513. The molecule has 8 heteroatoms. The van der Waals surface area contributed by atoms with Gasteiger partial charge in [0.15, 0.2) is 0 Å². The van der Waals surface area contributed by atoms with E-state index in [0.29, 0.717) is 0 Å². The SMILES string of the molecule is O=P(O)(O)O.[BiH3].[PbH2].[RbH]. The van der Waals surface area contributed by atoms with Crippen LogP contribution in [0.5, 0.6) is 0 Å². The Balaban J connectivity index is -0.0000000267. The molecule has 0 aromatic rings. The zero-order chi connectivity index (χ0) is 4.50. The van der Waals surface area contributed by atoms with Crippen LogP contribution in [0.25, 0.3) is 0 Å². The van der Waals surface area contributed by atoms with Gasteiger partial charge in [0.05, 0.1) is 0 Å². The molecule has 0 aliphatic rings. The fourth-order valence-corrected chi connectivity index (χ4v) is 0. The first-order valence-corrected chi connectivity index (χ1v) is 2.35. The van der Waals surface area contributed by atoms with Crippen LogP contribution in [-0.2, 0) is 4.57 Å². The Morgan fingerprint density at radius 3 is 1.12 bits per heavy atom.